The highest BCUT2D eigenvalue weighted by molar-refractivity contribution is 6.02. The minimum Gasteiger partial charge on any atom is -0.481 e. The van der Waals surface area contributed by atoms with E-state index in [2.05, 4.69) is 10.3 Å². The van der Waals surface area contributed by atoms with Gasteiger partial charge >= 0.3 is 5.97 Å². The van der Waals surface area contributed by atoms with Crippen LogP contribution in [0.4, 0.5) is 0 Å². The lowest BCUT2D eigenvalue weighted by Gasteiger charge is -2.13. The summed E-state index contributed by atoms with van der Waals surface area (Å²) in [6.07, 6.45) is 1.84. The molecule has 1 unspecified atom stereocenters. The van der Waals surface area contributed by atoms with Crippen molar-refractivity contribution in [1.29, 1.82) is 0 Å². The summed E-state index contributed by atoms with van der Waals surface area (Å²) in [5.74, 6) is -1.24. The van der Waals surface area contributed by atoms with Gasteiger partial charge in [0.2, 0.25) is 0 Å². The lowest BCUT2D eigenvalue weighted by Crippen LogP contribution is -2.33. The average molecular weight is 308 g/mol. The van der Waals surface area contributed by atoms with Crippen LogP contribution in [0.25, 0.3) is 0 Å². The highest BCUT2D eigenvalue weighted by atomic mass is 16.4. The summed E-state index contributed by atoms with van der Waals surface area (Å²) < 4.78 is 0. The number of carbonyl (C=O) groups is 3. The van der Waals surface area contributed by atoms with E-state index in [0.29, 0.717) is 29.8 Å². The standard InChI is InChI=1S/C16H24N2O4/c1-5-6-12-14(11(4)19)10(3)18-15(12)16(22)17-9(2)7-8-13(20)21/h9,18H,5-8H2,1-4H3,(H,17,22)(H,20,21). The molecule has 1 amide bonds. The normalized spacial score (nSPS) is 12.0. The summed E-state index contributed by atoms with van der Waals surface area (Å²) in [5, 5.41) is 11.5. The summed E-state index contributed by atoms with van der Waals surface area (Å²) in [6.45, 7) is 7.03. The van der Waals surface area contributed by atoms with Crippen LogP contribution in [-0.4, -0.2) is 33.8 Å². The Balaban J connectivity index is 2.95. The van der Waals surface area contributed by atoms with E-state index in [0.717, 1.165) is 12.0 Å². The molecule has 0 bridgehead atoms. The topological polar surface area (TPSA) is 99.3 Å². The zero-order chi connectivity index (χ0) is 16.9. The van der Waals surface area contributed by atoms with Crippen molar-refractivity contribution in [3.63, 3.8) is 0 Å². The minimum absolute atomic E-state index is 0.00567. The van der Waals surface area contributed by atoms with Gasteiger partial charge < -0.3 is 15.4 Å². The number of H-pyrrole nitrogens is 1. The number of hydrogen-bond acceptors (Lipinski definition) is 3. The fourth-order valence-electron chi connectivity index (χ4n) is 2.56. The van der Waals surface area contributed by atoms with E-state index in [4.69, 9.17) is 5.11 Å². The van der Waals surface area contributed by atoms with Crippen molar-refractivity contribution in [2.75, 3.05) is 0 Å². The van der Waals surface area contributed by atoms with Crippen LogP contribution in [0.2, 0.25) is 0 Å². The third-order valence-electron chi connectivity index (χ3n) is 3.54. The van der Waals surface area contributed by atoms with Crippen LogP contribution in [0.5, 0.6) is 0 Å². The van der Waals surface area contributed by atoms with E-state index in [-0.39, 0.29) is 24.2 Å². The third-order valence-corrected chi connectivity index (χ3v) is 3.54. The molecule has 0 spiro atoms. The second-order valence-electron chi connectivity index (χ2n) is 5.59. The molecule has 1 aromatic rings. The second-order valence-corrected chi connectivity index (χ2v) is 5.59. The number of carboxylic acid groups (broad SMARTS) is 1. The zero-order valence-corrected chi connectivity index (χ0v) is 13.6. The van der Waals surface area contributed by atoms with Crippen molar-refractivity contribution in [1.82, 2.24) is 10.3 Å². The number of hydrogen-bond donors (Lipinski definition) is 3. The molecule has 0 saturated carbocycles. The van der Waals surface area contributed by atoms with Crippen molar-refractivity contribution in [3.8, 4) is 0 Å². The molecule has 122 valence electrons. The van der Waals surface area contributed by atoms with Crippen LogP contribution in [0.3, 0.4) is 0 Å². The van der Waals surface area contributed by atoms with Gasteiger partial charge in [0.25, 0.3) is 5.91 Å². The minimum atomic E-state index is -0.887. The van der Waals surface area contributed by atoms with E-state index in [1.807, 2.05) is 6.92 Å². The van der Waals surface area contributed by atoms with Gasteiger partial charge in [-0.05, 0) is 39.2 Å². The van der Waals surface area contributed by atoms with Gasteiger partial charge in [-0.2, -0.15) is 0 Å². The van der Waals surface area contributed by atoms with E-state index >= 15 is 0 Å². The highest BCUT2D eigenvalue weighted by Gasteiger charge is 2.23. The summed E-state index contributed by atoms with van der Waals surface area (Å²) >= 11 is 0. The first kappa shape index (κ1) is 17.9. The molecule has 0 aliphatic rings. The molecular weight excluding hydrogens is 284 g/mol. The largest absolute Gasteiger partial charge is 0.481 e. The number of aryl methyl sites for hydroxylation is 1. The SMILES string of the molecule is CCCc1c(C(=O)NC(C)CCC(=O)O)[nH]c(C)c1C(C)=O. The summed E-state index contributed by atoms with van der Waals surface area (Å²) in [6, 6.07) is -0.248. The maximum Gasteiger partial charge on any atom is 0.303 e. The van der Waals surface area contributed by atoms with Crippen molar-refractivity contribution >= 4 is 17.7 Å². The Labute approximate surface area is 130 Å². The van der Waals surface area contributed by atoms with Crippen molar-refractivity contribution in [2.45, 2.75) is 59.4 Å². The number of rotatable bonds is 8. The van der Waals surface area contributed by atoms with Gasteiger partial charge in [-0.3, -0.25) is 14.4 Å². The van der Waals surface area contributed by atoms with E-state index in [9.17, 15) is 14.4 Å². The maximum absolute atomic E-state index is 12.4. The van der Waals surface area contributed by atoms with Crippen LogP contribution in [0.1, 0.15) is 72.1 Å². The Morgan fingerprint density at radius 2 is 1.95 bits per heavy atom. The number of aliphatic carboxylic acids is 1. The molecule has 22 heavy (non-hydrogen) atoms. The molecule has 0 aliphatic heterocycles. The molecule has 0 aromatic carbocycles. The Hall–Kier alpha value is -2.11. The van der Waals surface area contributed by atoms with Crippen LogP contribution in [-0.2, 0) is 11.2 Å². The quantitative estimate of drug-likeness (QED) is 0.642. The first-order valence-corrected chi connectivity index (χ1v) is 7.52. The molecule has 1 rings (SSSR count). The molecule has 0 aliphatic carbocycles. The molecule has 0 fully saturated rings. The number of carboxylic acids is 1. The first-order valence-electron chi connectivity index (χ1n) is 7.52. The summed E-state index contributed by atoms with van der Waals surface area (Å²) in [4.78, 5) is 37.7. The van der Waals surface area contributed by atoms with Gasteiger partial charge in [0, 0.05) is 23.7 Å². The van der Waals surface area contributed by atoms with Gasteiger partial charge in [-0.1, -0.05) is 13.3 Å². The Kier molecular flexibility index (Phi) is 6.34. The summed E-state index contributed by atoms with van der Waals surface area (Å²) in [5.41, 5.74) is 2.44. The van der Waals surface area contributed by atoms with E-state index < -0.39 is 5.97 Å². The lowest BCUT2D eigenvalue weighted by molar-refractivity contribution is -0.137. The number of carbonyl (C=O) groups excluding carboxylic acids is 2. The third kappa shape index (κ3) is 4.44. The van der Waals surface area contributed by atoms with E-state index in [1.165, 1.54) is 6.92 Å². The van der Waals surface area contributed by atoms with Gasteiger partial charge in [0.05, 0.1) is 0 Å². The number of nitrogens with one attached hydrogen (secondary N) is 2. The molecule has 0 saturated heterocycles. The lowest BCUT2D eigenvalue weighted by atomic mass is 10.0. The van der Waals surface area contributed by atoms with Crippen LogP contribution in [0.15, 0.2) is 0 Å². The second kappa shape index (κ2) is 7.77. The molecular formula is C16H24N2O4. The van der Waals surface area contributed by atoms with Crippen molar-refractivity contribution in [3.05, 3.63) is 22.5 Å². The number of aromatic amines is 1. The predicted octanol–water partition coefficient (Wildman–Crippen LogP) is 2.46. The monoisotopic (exact) mass is 308 g/mol. The van der Waals surface area contributed by atoms with Gasteiger partial charge in [0.15, 0.2) is 5.78 Å². The highest BCUT2D eigenvalue weighted by Crippen LogP contribution is 2.21. The van der Waals surface area contributed by atoms with Gasteiger partial charge in [0.1, 0.15) is 5.69 Å². The Morgan fingerprint density at radius 1 is 1.32 bits per heavy atom. The Morgan fingerprint density at radius 3 is 2.45 bits per heavy atom. The van der Waals surface area contributed by atoms with E-state index in [1.54, 1.807) is 13.8 Å². The fraction of sp³-hybridized carbons (Fsp3) is 0.562. The number of ketones is 1. The molecule has 1 atom stereocenters. The number of aromatic nitrogens is 1. The van der Waals surface area contributed by atoms with Crippen LogP contribution < -0.4 is 5.32 Å². The van der Waals surface area contributed by atoms with Crippen LogP contribution >= 0.6 is 0 Å². The van der Waals surface area contributed by atoms with Crippen LogP contribution in [0, 0.1) is 6.92 Å². The maximum atomic E-state index is 12.4. The number of Topliss-reactive ketones (excluding diaryl/α,β-unsaturated/α-hetero) is 1. The van der Waals surface area contributed by atoms with Crippen molar-refractivity contribution < 1.29 is 19.5 Å². The average Bonchev–Trinajstić information content (AvgIpc) is 2.74. The first-order chi connectivity index (χ1) is 10.3. The zero-order valence-electron chi connectivity index (χ0n) is 13.6. The fourth-order valence-corrected chi connectivity index (χ4v) is 2.56. The predicted molar refractivity (Wildman–Crippen MR) is 83.3 cm³/mol. The molecule has 6 nitrogen and oxygen atoms in total. The summed E-state index contributed by atoms with van der Waals surface area (Å²) in [7, 11) is 0. The van der Waals surface area contributed by atoms with Gasteiger partial charge in [-0.15, -0.1) is 0 Å². The smallest absolute Gasteiger partial charge is 0.303 e. The number of amides is 1. The van der Waals surface area contributed by atoms with Gasteiger partial charge in [-0.25, -0.2) is 0 Å². The molecule has 1 heterocycles. The molecule has 3 N–H and O–H groups in total. The molecule has 6 heteroatoms. The molecule has 0 radical (unpaired) electrons. The Bertz CT molecular complexity index is 575. The molecule has 1 aromatic heterocycles. The van der Waals surface area contributed by atoms with Crippen molar-refractivity contribution in [2.24, 2.45) is 0 Å².